The van der Waals surface area contributed by atoms with Gasteiger partial charge >= 0.3 is 0 Å². The molecule has 1 atom stereocenters. The number of benzene rings is 2. The lowest BCUT2D eigenvalue weighted by molar-refractivity contribution is 0.411. The average molecular weight is 259 g/mol. The van der Waals surface area contributed by atoms with Gasteiger partial charge in [0.25, 0.3) is 0 Å². The monoisotopic (exact) mass is 259 g/mol. The summed E-state index contributed by atoms with van der Waals surface area (Å²) in [5, 5.41) is 0. The fraction of sp³-hybridized carbons (Fsp3) is 0.250. The molecular formula is C16H18FNO. The van der Waals surface area contributed by atoms with Crippen LogP contribution in [0, 0.1) is 5.82 Å². The summed E-state index contributed by atoms with van der Waals surface area (Å²) in [7, 11) is 1.53. The number of hydrogen-bond acceptors (Lipinski definition) is 2. The molecular weight excluding hydrogens is 241 g/mol. The predicted molar refractivity (Wildman–Crippen MR) is 75.7 cm³/mol. The zero-order valence-corrected chi connectivity index (χ0v) is 11.2. The van der Waals surface area contributed by atoms with Crippen molar-refractivity contribution in [3.8, 4) is 16.9 Å². The lowest BCUT2D eigenvalue weighted by Gasteiger charge is -2.08. The second-order valence-electron chi connectivity index (χ2n) is 4.72. The van der Waals surface area contributed by atoms with Crippen LogP contribution >= 0.6 is 0 Å². The van der Waals surface area contributed by atoms with Crippen LogP contribution < -0.4 is 10.5 Å². The Morgan fingerprint density at radius 1 is 1.16 bits per heavy atom. The van der Waals surface area contributed by atoms with E-state index in [9.17, 15) is 4.39 Å². The third-order valence-electron chi connectivity index (χ3n) is 3.00. The van der Waals surface area contributed by atoms with Gasteiger partial charge in [0, 0.05) is 17.7 Å². The summed E-state index contributed by atoms with van der Waals surface area (Å²) in [5.41, 5.74) is 8.35. The zero-order chi connectivity index (χ0) is 13.8. The van der Waals surface area contributed by atoms with Crippen LogP contribution in [0.25, 0.3) is 11.1 Å². The minimum absolute atomic E-state index is 0.128. The molecule has 2 nitrogen and oxygen atoms in total. The van der Waals surface area contributed by atoms with Crippen LogP contribution in [0.15, 0.2) is 42.5 Å². The van der Waals surface area contributed by atoms with Gasteiger partial charge in [0.15, 0.2) is 0 Å². The molecule has 0 spiro atoms. The third-order valence-corrected chi connectivity index (χ3v) is 3.00. The van der Waals surface area contributed by atoms with Crippen LogP contribution in [0.4, 0.5) is 4.39 Å². The van der Waals surface area contributed by atoms with Gasteiger partial charge in [-0.25, -0.2) is 4.39 Å². The number of halogens is 1. The topological polar surface area (TPSA) is 35.2 Å². The first-order valence-corrected chi connectivity index (χ1v) is 6.28. The predicted octanol–water partition coefficient (Wildman–Crippen LogP) is 3.39. The van der Waals surface area contributed by atoms with Crippen molar-refractivity contribution in [3.05, 3.63) is 53.8 Å². The molecule has 19 heavy (non-hydrogen) atoms. The highest BCUT2D eigenvalue weighted by Gasteiger charge is 2.07. The Bertz CT molecular complexity index is 549. The van der Waals surface area contributed by atoms with Gasteiger partial charge in [-0.15, -0.1) is 0 Å². The van der Waals surface area contributed by atoms with E-state index in [1.807, 2.05) is 31.2 Å². The normalized spacial score (nSPS) is 12.2. The van der Waals surface area contributed by atoms with E-state index < -0.39 is 0 Å². The standard InChI is InChI=1S/C16H18FNO/c1-11(18)9-12-3-5-13(6-4-12)15-8-7-14(19-2)10-16(15)17/h3-8,10-11H,9,18H2,1-2H3. The van der Waals surface area contributed by atoms with Crippen molar-refractivity contribution in [2.45, 2.75) is 19.4 Å². The van der Waals surface area contributed by atoms with Gasteiger partial charge in [0.2, 0.25) is 0 Å². The molecule has 2 rings (SSSR count). The lowest BCUT2D eigenvalue weighted by Crippen LogP contribution is -2.17. The Hall–Kier alpha value is -1.87. The third kappa shape index (κ3) is 3.32. The smallest absolute Gasteiger partial charge is 0.134 e. The van der Waals surface area contributed by atoms with Crippen LogP contribution in [0.1, 0.15) is 12.5 Å². The molecule has 0 heterocycles. The molecule has 0 fully saturated rings. The van der Waals surface area contributed by atoms with Crippen LogP contribution in [0.5, 0.6) is 5.75 Å². The Balaban J connectivity index is 2.27. The summed E-state index contributed by atoms with van der Waals surface area (Å²) in [4.78, 5) is 0. The van der Waals surface area contributed by atoms with Crippen molar-refractivity contribution in [2.75, 3.05) is 7.11 Å². The molecule has 100 valence electrons. The summed E-state index contributed by atoms with van der Waals surface area (Å²) >= 11 is 0. The Morgan fingerprint density at radius 2 is 1.84 bits per heavy atom. The van der Waals surface area contributed by atoms with E-state index in [0.29, 0.717) is 11.3 Å². The van der Waals surface area contributed by atoms with E-state index in [1.54, 1.807) is 12.1 Å². The Labute approximate surface area is 113 Å². The fourth-order valence-corrected chi connectivity index (χ4v) is 2.05. The number of methoxy groups -OCH3 is 1. The number of hydrogen-bond donors (Lipinski definition) is 1. The minimum Gasteiger partial charge on any atom is -0.497 e. The van der Waals surface area contributed by atoms with Crippen LogP contribution in [-0.4, -0.2) is 13.2 Å². The summed E-state index contributed by atoms with van der Waals surface area (Å²) in [5.74, 6) is 0.245. The maximum absolute atomic E-state index is 13.9. The zero-order valence-electron chi connectivity index (χ0n) is 11.2. The summed E-state index contributed by atoms with van der Waals surface area (Å²) in [6.45, 7) is 1.97. The number of ether oxygens (including phenoxy) is 1. The van der Waals surface area contributed by atoms with Gasteiger partial charge in [-0.05, 0) is 36.6 Å². The molecule has 0 amide bonds. The molecule has 3 heteroatoms. The molecule has 0 aliphatic rings. The van der Waals surface area contributed by atoms with Gasteiger partial charge < -0.3 is 10.5 Å². The highest BCUT2D eigenvalue weighted by molar-refractivity contribution is 5.65. The van der Waals surface area contributed by atoms with E-state index in [4.69, 9.17) is 10.5 Å². The molecule has 0 aliphatic carbocycles. The molecule has 0 radical (unpaired) electrons. The molecule has 0 aliphatic heterocycles. The van der Waals surface area contributed by atoms with Crippen molar-refractivity contribution < 1.29 is 9.13 Å². The van der Waals surface area contributed by atoms with Crippen LogP contribution in [0.3, 0.4) is 0 Å². The highest BCUT2D eigenvalue weighted by atomic mass is 19.1. The van der Waals surface area contributed by atoms with E-state index in [1.165, 1.54) is 13.2 Å². The van der Waals surface area contributed by atoms with Crippen LogP contribution in [-0.2, 0) is 6.42 Å². The molecule has 0 aromatic heterocycles. The molecule has 2 N–H and O–H groups in total. The van der Waals surface area contributed by atoms with Crippen molar-refractivity contribution in [2.24, 2.45) is 5.73 Å². The largest absolute Gasteiger partial charge is 0.497 e. The van der Waals surface area contributed by atoms with Crippen molar-refractivity contribution >= 4 is 0 Å². The first-order chi connectivity index (χ1) is 9.10. The Morgan fingerprint density at radius 3 is 2.37 bits per heavy atom. The fourth-order valence-electron chi connectivity index (χ4n) is 2.05. The van der Waals surface area contributed by atoms with E-state index in [0.717, 1.165) is 17.5 Å². The molecule has 0 saturated heterocycles. The Kier molecular flexibility index (Phi) is 4.17. The number of nitrogens with two attached hydrogens (primary N) is 1. The van der Waals surface area contributed by atoms with E-state index >= 15 is 0 Å². The van der Waals surface area contributed by atoms with Gasteiger partial charge in [-0.1, -0.05) is 24.3 Å². The van der Waals surface area contributed by atoms with Crippen LogP contribution in [0.2, 0.25) is 0 Å². The van der Waals surface area contributed by atoms with Crippen molar-refractivity contribution in [3.63, 3.8) is 0 Å². The SMILES string of the molecule is COc1ccc(-c2ccc(CC(C)N)cc2)c(F)c1. The molecule has 1 unspecified atom stereocenters. The quantitative estimate of drug-likeness (QED) is 0.913. The van der Waals surface area contributed by atoms with Crippen molar-refractivity contribution in [1.29, 1.82) is 0 Å². The average Bonchev–Trinajstić information content (AvgIpc) is 2.39. The molecule has 2 aromatic carbocycles. The molecule has 0 saturated carbocycles. The maximum Gasteiger partial charge on any atom is 0.134 e. The second kappa shape index (κ2) is 5.85. The minimum atomic E-state index is -0.278. The number of rotatable bonds is 4. The maximum atomic E-state index is 13.9. The summed E-state index contributed by atoms with van der Waals surface area (Å²) in [6.07, 6.45) is 0.825. The first-order valence-electron chi connectivity index (χ1n) is 6.28. The van der Waals surface area contributed by atoms with Gasteiger partial charge in [-0.2, -0.15) is 0 Å². The van der Waals surface area contributed by atoms with E-state index in [-0.39, 0.29) is 11.9 Å². The first kappa shape index (κ1) is 13.6. The highest BCUT2D eigenvalue weighted by Crippen LogP contribution is 2.26. The van der Waals surface area contributed by atoms with E-state index in [2.05, 4.69) is 0 Å². The van der Waals surface area contributed by atoms with Gasteiger partial charge in [-0.3, -0.25) is 0 Å². The summed E-state index contributed by atoms with van der Waals surface area (Å²) in [6, 6.07) is 12.8. The molecule has 0 bridgehead atoms. The second-order valence-corrected chi connectivity index (χ2v) is 4.72. The summed E-state index contributed by atoms with van der Waals surface area (Å²) < 4.78 is 18.9. The van der Waals surface area contributed by atoms with Gasteiger partial charge in [0.05, 0.1) is 7.11 Å². The molecule has 2 aromatic rings. The lowest BCUT2D eigenvalue weighted by atomic mass is 10.0. The van der Waals surface area contributed by atoms with Gasteiger partial charge in [0.1, 0.15) is 11.6 Å². The van der Waals surface area contributed by atoms with Crippen molar-refractivity contribution in [1.82, 2.24) is 0 Å².